The largest absolute Gasteiger partial charge is 0.497 e. The molecule has 1 unspecified atom stereocenters. The normalized spacial score (nSPS) is 15.8. The molecule has 2 rings (SSSR count). The lowest BCUT2D eigenvalue weighted by molar-refractivity contribution is 0.0944. The minimum Gasteiger partial charge on any atom is -0.497 e. The van der Waals surface area contributed by atoms with Crippen LogP contribution in [0, 0.1) is 5.92 Å². The lowest BCUT2D eigenvalue weighted by Crippen LogP contribution is -2.45. The summed E-state index contributed by atoms with van der Waals surface area (Å²) < 4.78 is 5.04. The smallest absolute Gasteiger partial charge is 0.251 e. The molecule has 1 fully saturated rings. The Bertz CT molecular complexity index is 455. The van der Waals surface area contributed by atoms with Crippen LogP contribution < -0.4 is 15.8 Å². The summed E-state index contributed by atoms with van der Waals surface area (Å²) in [4.78, 5) is 12.4. The van der Waals surface area contributed by atoms with E-state index in [1.165, 1.54) is 0 Å². The molecule has 0 bridgehead atoms. The van der Waals surface area contributed by atoms with Gasteiger partial charge in [0.1, 0.15) is 5.75 Å². The van der Waals surface area contributed by atoms with E-state index < -0.39 is 0 Å². The average Bonchev–Trinajstić information content (AvgIpc) is 3.19. The zero-order valence-corrected chi connectivity index (χ0v) is 11.0. The Kier molecular flexibility index (Phi) is 3.81. The number of hydrogen-bond acceptors (Lipinski definition) is 3. The average molecular weight is 264 g/mol. The van der Waals surface area contributed by atoms with E-state index in [0.29, 0.717) is 16.5 Å². The van der Waals surface area contributed by atoms with Crippen LogP contribution in [0.5, 0.6) is 5.75 Å². The third-order valence-electron chi connectivity index (χ3n) is 3.04. The summed E-state index contributed by atoms with van der Waals surface area (Å²) in [5.41, 5.74) is 6.23. The Morgan fingerprint density at radius 1 is 1.44 bits per heavy atom. The highest BCUT2D eigenvalue weighted by molar-refractivity contribution is 7.80. The zero-order chi connectivity index (χ0) is 13.1. The van der Waals surface area contributed by atoms with Crippen LogP contribution in [0.3, 0.4) is 0 Å². The van der Waals surface area contributed by atoms with Gasteiger partial charge in [0.2, 0.25) is 0 Å². The standard InChI is InChI=1S/C13H16N2O2S/c1-17-10-6-4-9(5-7-10)13(16)15-11(12(14)18)8-2-3-8/h4-8,11H,2-3H2,1H3,(H2,14,18)(H,15,16). The van der Waals surface area contributed by atoms with Crippen LogP contribution in [0.2, 0.25) is 0 Å². The molecule has 0 heterocycles. The Morgan fingerprint density at radius 2 is 2.06 bits per heavy atom. The Balaban J connectivity index is 2.03. The summed E-state index contributed by atoms with van der Waals surface area (Å²) in [7, 11) is 1.59. The number of hydrogen-bond donors (Lipinski definition) is 2. The second kappa shape index (κ2) is 5.35. The van der Waals surface area contributed by atoms with Crippen molar-refractivity contribution < 1.29 is 9.53 Å². The first-order valence-corrected chi connectivity index (χ1v) is 6.27. The molecule has 0 radical (unpaired) electrons. The molecular weight excluding hydrogens is 248 g/mol. The summed E-state index contributed by atoms with van der Waals surface area (Å²) in [6, 6.07) is 6.76. The number of benzene rings is 1. The molecule has 1 saturated carbocycles. The number of rotatable bonds is 5. The lowest BCUT2D eigenvalue weighted by Gasteiger charge is -2.16. The molecule has 1 amide bonds. The maximum Gasteiger partial charge on any atom is 0.251 e. The highest BCUT2D eigenvalue weighted by Crippen LogP contribution is 2.32. The molecule has 3 N–H and O–H groups in total. The highest BCUT2D eigenvalue weighted by atomic mass is 32.1. The van der Waals surface area contributed by atoms with E-state index in [1.807, 2.05) is 0 Å². The van der Waals surface area contributed by atoms with Gasteiger partial charge in [-0.1, -0.05) is 12.2 Å². The number of amides is 1. The van der Waals surface area contributed by atoms with Gasteiger partial charge in [0.05, 0.1) is 18.1 Å². The second-order valence-electron chi connectivity index (χ2n) is 4.42. The number of nitrogens with one attached hydrogen (secondary N) is 1. The van der Waals surface area contributed by atoms with Crippen molar-refractivity contribution >= 4 is 23.1 Å². The summed E-state index contributed by atoms with van der Waals surface area (Å²) in [6.45, 7) is 0. The molecule has 0 saturated heterocycles. The van der Waals surface area contributed by atoms with E-state index in [-0.39, 0.29) is 11.9 Å². The zero-order valence-electron chi connectivity index (χ0n) is 10.2. The highest BCUT2D eigenvalue weighted by Gasteiger charge is 2.34. The first kappa shape index (κ1) is 12.8. The molecule has 1 atom stereocenters. The number of thiocarbonyl (C=S) groups is 1. The molecule has 0 aliphatic heterocycles. The van der Waals surface area contributed by atoms with Gasteiger partial charge in [0.15, 0.2) is 0 Å². The van der Waals surface area contributed by atoms with Gasteiger partial charge in [0.25, 0.3) is 5.91 Å². The van der Waals surface area contributed by atoms with Crippen LogP contribution >= 0.6 is 12.2 Å². The van der Waals surface area contributed by atoms with Gasteiger partial charge in [-0.15, -0.1) is 0 Å². The third kappa shape index (κ3) is 2.98. The van der Waals surface area contributed by atoms with Crippen LogP contribution in [0.4, 0.5) is 0 Å². The molecule has 18 heavy (non-hydrogen) atoms. The fourth-order valence-corrected chi connectivity index (χ4v) is 2.07. The number of carbonyl (C=O) groups is 1. The van der Waals surface area contributed by atoms with Gasteiger partial charge < -0.3 is 15.8 Å². The van der Waals surface area contributed by atoms with Crippen molar-refractivity contribution in [2.45, 2.75) is 18.9 Å². The van der Waals surface area contributed by atoms with E-state index in [4.69, 9.17) is 22.7 Å². The van der Waals surface area contributed by atoms with Crippen molar-refractivity contribution in [1.29, 1.82) is 0 Å². The van der Waals surface area contributed by atoms with Crippen LogP contribution in [0.15, 0.2) is 24.3 Å². The number of ether oxygens (including phenoxy) is 1. The minimum atomic E-state index is -0.186. The van der Waals surface area contributed by atoms with Crippen LogP contribution in [0.25, 0.3) is 0 Å². The Morgan fingerprint density at radius 3 is 2.50 bits per heavy atom. The number of nitrogens with two attached hydrogens (primary N) is 1. The predicted octanol–water partition coefficient (Wildman–Crippen LogP) is 1.49. The van der Waals surface area contributed by atoms with Crippen molar-refractivity contribution in [3.8, 4) is 5.75 Å². The fraction of sp³-hybridized carbons (Fsp3) is 0.385. The SMILES string of the molecule is COc1ccc(C(=O)NC(C(N)=S)C2CC2)cc1. The lowest BCUT2D eigenvalue weighted by atomic mass is 10.1. The van der Waals surface area contributed by atoms with Crippen LogP contribution in [-0.2, 0) is 0 Å². The second-order valence-corrected chi connectivity index (χ2v) is 4.89. The van der Waals surface area contributed by atoms with Crippen molar-refractivity contribution in [2.75, 3.05) is 7.11 Å². The van der Waals surface area contributed by atoms with Gasteiger partial charge in [0, 0.05) is 5.56 Å². The van der Waals surface area contributed by atoms with E-state index in [1.54, 1.807) is 31.4 Å². The van der Waals surface area contributed by atoms with Crippen molar-refractivity contribution in [2.24, 2.45) is 11.7 Å². The molecule has 0 aromatic heterocycles. The Hall–Kier alpha value is -1.62. The first-order chi connectivity index (χ1) is 8.61. The maximum absolute atomic E-state index is 12.0. The van der Waals surface area contributed by atoms with Crippen LogP contribution in [0.1, 0.15) is 23.2 Å². The molecule has 96 valence electrons. The van der Waals surface area contributed by atoms with Gasteiger partial charge in [-0.05, 0) is 43.0 Å². The molecule has 0 spiro atoms. The molecule has 4 nitrogen and oxygen atoms in total. The number of carbonyl (C=O) groups excluding carboxylic acids is 1. The van der Waals surface area contributed by atoms with E-state index in [9.17, 15) is 4.79 Å². The molecule has 1 aliphatic rings. The summed E-state index contributed by atoms with van der Waals surface area (Å²) in [5, 5.41) is 2.89. The molecule has 1 aromatic rings. The summed E-state index contributed by atoms with van der Waals surface area (Å²) >= 11 is 4.98. The topological polar surface area (TPSA) is 64.3 Å². The predicted molar refractivity (Wildman–Crippen MR) is 73.8 cm³/mol. The maximum atomic E-state index is 12.0. The van der Waals surface area contributed by atoms with Crippen molar-refractivity contribution in [3.63, 3.8) is 0 Å². The van der Waals surface area contributed by atoms with E-state index >= 15 is 0 Å². The summed E-state index contributed by atoms with van der Waals surface area (Å²) in [6.07, 6.45) is 2.15. The molecule has 5 heteroatoms. The summed E-state index contributed by atoms with van der Waals surface area (Å²) in [5.74, 6) is 0.978. The van der Waals surface area contributed by atoms with Gasteiger partial charge in [-0.25, -0.2) is 0 Å². The number of methoxy groups -OCH3 is 1. The van der Waals surface area contributed by atoms with Gasteiger partial charge in [-0.3, -0.25) is 4.79 Å². The fourth-order valence-electron chi connectivity index (χ4n) is 1.82. The monoisotopic (exact) mass is 264 g/mol. The van der Waals surface area contributed by atoms with Gasteiger partial charge in [-0.2, -0.15) is 0 Å². The third-order valence-corrected chi connectivity index (χ3v) is 3.29. The molecule has 1 aromatic carbocycles. The Labute approximate surface area is 112 Å². The van der Waals surface area contributed by atoms with E-state index in [0.717, 1.165) is 18.6 Å². The first-order valence-electron chi connectivity index (χ1n) is 5.86. The molecular formula is C13H16N2O2S. The van der Waals surface area contributed by atoms with Crippen molar-refractivity contribution in [1.82, 2.24) is 5.32 Å². The van der Waals surface area contributed by atoms with E-state index in [2.05, 4.69) is 5.32 Å². The van der Waals surface area contributed by atoms with Gasteiger partial charge >= 0.3 is 0 Å². The quantitative estimate of drug-likeness (QED) is 0.791. The molecule has 1 aliphatic carbocycles. The van der Waals surface area contributed by atoms with Crippen molar-refractivity contribution in [3.05, 3.63) is 29.8 Å². The van der Waals surface area contributed by atoms with Crippen LogP contribution in [-0.4, -0.2) is 24.0 Å². The minimum absolute atomic E-state index is 0.151.